The van der Waals surface area contributed by atoms with Crippen LogP contribution < -0.4 is 5.32 Å². The molecule has 0 spiro atoms. The summed E-state index contributed by atoms with van der Waals surface area (Å²) in [5, 5.41) is 14.5. The lowest BCUT2D eigenvalue weighted by molar-refractivity contribution is -0.385. The summed E-state index contributed by atoms with van der Waals surface area (Å²) in [5.41, 5.74) is 0.614. The van der Waals surface area contributed by atoms with Gasteiger partial charge in [-0.2, -0.15) is 0 Å². The first-order valence-electron chi connectivity index (χ1n) is 7.24. The van der Waals surface area contributed by atoms with E-state index in [1.165, 1.54) is 0 Å². The monoisotopic (exact) mass is 291 g/mol. The minimum absolute atomic E-state index is 0.0823. The van der Waals surface area contributed by atoms with Crippen LogP contribution in [0.15, 0.2) is 18.2 Å². The molecule has 0 aliphatic carbocycles. The van der Waals surface area contributed by atoms with Gasteiger partial charge in [-0.3, -0.25) is 14.9 Å². The van der Waals surface area contributed by atoms with E-state index in [4.69, 9.17) is 0 Å². The molecule has 21 heavy (non-hydrogen) atoms. The number of hydrogen-bond acceptors (Lipinski definition) is 4. The summed E-state index contributed by atoms with van der Waals surface area (Å²) in [6.45, 7) is 3.49. The van der Waals surface area contributed by atoms with Crippen LogP contribution in [-0.2, 0) is 0 Å². The van der Waals surface area contributed by atoms with Crippen LogP contribution in [0, 0.1) is 17.0 Å². The van der Waals surface area contributed by atoms with Gasteiger partial charge in [0.25, 0.3) is 11.6 Å². The summed E-state index contributed by atoms with van der Waals surface area (Å²) in [7, 11) is 1.74. The highest BCUT2D eigenvalue weighted by molar-refractivity contribution is 5.98. The van der Waals surface area contributed by atoms with Gasteiger partial charge in [-0.25, -0.2) is 0 Å². The molecule has 6 heteroatoms. The molecule has 0 aromatic heterocycles. The number of hydrogen-bond donors (Lipinski definition) is 1. The van der Waals surface area contributed by atoms with Crippen molar-refractivity contribution in [3.05, 3.63) is 39.4 Å². The first-order chi connectivity index (χ1) is 10.0. The molecule has 2 rings (SSSR count). The zero-order valence-electron chi connectivity index (χ0n) is 12.5. The Balaban J connectivity index is 2.27. The van der Waals surface area contributed by atoms with E-state index in [1.54, 1.807) is 37.1 Å². The molecule has 1 aliphatic heterocycles. The molecule has 1 saturated heterocycles. The van der Waals surface area contributed by atoms with Crippen molar-refractivity contribution >= 4 is 11.6 Å². The fourth-order valence-electron chi connectivity index (χ4n) is 2.82. The molecule has 1 aliphatic rings. The molecule has 1 atom stereocenters. The van der Waals surface area contributed by atoms with Crippen molar-refractivity contribution in [2.75, 3.05) is 20.1 Å². The Kier molecular flexibility index (Phi) is 4.90. The van der Waals surface area contributed by atoms with Crippen LogP contribution >= 0.6 is 0 Å². The molecule has 1 N–H and O–H groups in total. The number of carbonyl (C=O) groups excluding carboxylic acids is 1. The summed E-state index contributed by atoms with van der Waals surface area (Å²) in [5.74, 6) is -0.266. The lowest BCUT2D eigenvalue weighted by atomic mass is 10.0. The average Bonchev–Trinajstić information content (AvgIpc) is 2.74. The highest BCUT2D eigenvalue weighted by Gasteiger charge is 2.28. The van der Waals surface area contributed by atoms with Crippen molar-refractivity contribution in [1.82, 2.24) is 10.2 Å². The molecule has 114 valence electrons. The van der Waals surface area contributed by atoms with E-state index in [-0.39, 0.29) is 23.2 Å². The third-order valence-corrected chi connectivity index (χ3v) is 4.06. The Labute approximate surface area is 124 Å². The normalized spacial score (nSPS) is 18.9. The highest BCUT2D eigenvalue weighted by atomic mass is 16.6. The molecular weight excluding hydrogens is 270 g/mol. The summed E-state index contributed by atoms with van der Waals surface area (Å²) in [4.78, 5) is 25.1. The largest absolute Gasteiger partial charge is 0.338 e. The summed E-state index contributed by atoms with van der Waals surface area (Å²) >= 11 is 0. The molecule has 0 radical (unpaired) electrons. The van der Waals surface area contributed by atoms with Crippen molar-refractivity contribution in [1.29, 1.82) is 0 Å². The van der Waals surface area contributed by atoms with Gasteiger partial charge >= 0.3 is 0 Å². The topological polar surface area (TPSA) is 75.5 Å². The minimum atomic E-state index is -0.467. The van der Waals surface area contributed by atoms with Gasteiger partial charge < -0.3 is 10.2 Å². The zero-order valence-corrected chi connectivity index (χ0v) is 12.5. The van der Waals surface area contributed by atoms with E-state index >= 15 is 0 Å². The number of nitrogens with one attached hydrogen (secondary N) is 1. The van der Waals surface area contributed by atoms with Crippen molar-refractivity contribution < 1.29 is 9.72 Å². The Bertz CT molecular complexity index is 537. The van der Waals surface area contributed by atoms with Crippen LogP contribution in [-0.4, -0.2) is 41.9 Å². The van der Waals surface area contributed by atoms with Crippen LogP contribution in [0.5, 0.6) is 0 Å². The Morgan fingerprint density at radius 1 is 1.38 bits per heavy atom. The molecule has 0 bridgehead atoms. The number of nitro benzene ring substituents is 1. The number of nitro groups is 1. The summed E-state index contributed by atoms with van der Waals surface area (Å²) in [6.07, 6.45) is 2.81. The van der Waals surface area contributed by atoms with Crippen LogP contribution in [0.3, 0.4) is 0 Å². The maximum Gasteiger partial charge on any atom is 0.285 e. The van der Waals surface area contributed by atoms with E-state index in [0.29, 0.717) is 5.56 Å². The second-order valence-corrected chi connectivity index (χ2v) is 5.48. The van der Waals surface area contributed by atoms with Crippen LogP contribution in [0.4, 0.5) is 5.69 Å². The predicted molar refractivity (Wildman–Crippen MR) is 80.4 cm³/mol. The molecule has 1 aromatic carbocycles. The quantitative estimate of drug-likeness (QED) is 0.683. The van der Waals surface area contributed by atoms with E-state index in [1.807, 2.05) is 0 Å². The Morgan fingerprint density at radius 3 is 2.86 bits per heavy atom. The molecule has 1 amide bonds. The second-order valence-electron chi connectivity index (χ2n) is 5.48. The standard InChI is InChI=1S/C15H21N3O3/c1-11-5-3-7-13(14(11)18(20)21)15(19)17(2)12-6-4-9-16-10-8-12/h3,5,7,12,16H,4,6,8-10H2,1-2H3. The number of para-hydroxylation sites is 1. The molecule has 1 fully saturated rings. The SMILES string of the molecule is Cc1cccc(C(=O)N(C)C2CCCNCC2)c1[N+](=O)[O-]. The Morgan fingerprint density at radius 2 is 2.14 bits per heavy atom. The van der Waals surface area contributed by atoms with Crippen LogP contribution in [0.25, 0.3) is 0 Å². The average molecular weight is 291 g/mol. The number of amides is 1. The summed E-state index contributed by atoms with van der Waals surface area (Å²) in [6, 6.07) is 5.02. The predicted octanol–water partition coefficient (Wildman–Crippen LogP) is 2.12. The van der Waals surface area contributed by atoms with Crippen molar-refractivity contribution in [3.8, 4) is 0 Å². The summed E-state index contributed by atoms with van der Waals surface area (Å²) < 4.78 is 0. The first kappa shape index (κ1) is 15.4. The van der Waals surface area contributed by atoms with Gasteiger partial charge in [0, 0.05) is 18.7 Å². The maximum absolute atomic E-state index is 12.6. The van der Waals surface area contributed by atoms with E-state index in [9.17, 15) is 14.9 Å². The Hall–Kier alpha value is -1.95. The molecule has 1 unspecified atom stereocenters. The number of benzene rings is 1. The number of nitrogens with zero attached hydrogens (tertiary/aromatic N) is 2. The first-order valence-corrected chi connectivity index (χ1v) is 7.24. The van der Waals surface area contributed by atoms with Gasteiger partial charge in [-0.05, 0) is 45.3 Å². The van der Waals surface area contributed by atoms with Gasteiger partial charge in [0.2, 0.25) is 0 Å². The van der Waals surface area contributed by atoms with Crippen molar-refractivity contribution in [3.63, 3.8) is 0 Å². The van der Waals surface area contributed by atoms with Crippen LogP contribution in [0.1, 0.15) is 35.2 Å². The van der Waals surface area contributed by atoms with Crippen molar-refractivity contribution in [2.24, 2.45) is 0 Å². The van der Waals surface area contributed by atoms with Crippen LogP contribution in [0.2, 0.25) is 0 Å². The van der Waals surface area contributed by atoms with E-state index in [2.05, 4.69) is 5.32 Å². The number of carbonyl (C=O) groups is 1. The second kappa shape index (κ2) is 6.67. The van der Waals surface area contributed by atoms with Gasteiger partial charge in [0.1, 0.15) is 5.56 Å². The van der Waals surface area contributed by atoms with Gasteiger partial charge in [0.05, 0.1) is 4.92 Å². The minimum Gasteiger partial charge on any atom is -0.338 e. The third kappa shape index (κ3) is 3.39. The van der Waals surface area contributed by atoms with Gasteiger partial charge in [-0.15, -0.1) is 0 Å². The van der Waals surface area contributed by atoms with Crippen molar-refractivity contribution in [2.45, 2.75) is 32.2 Å². The zero-order chi connectivity index (χ0) is 15.4. The lowest BCUT2D eigenvalue weighted by Gasteiger charge is -2.27. The fraction of sp³-hybridized carbons (Fsp3) is 0.533. The smallest absolute Gasteiger partial charge is 0.285 e. The molecule has 6 nitrogen and oxygen atoms in total. The number of rotatable bonds is 3. The van der Waals surface area contributed by atoms with Gasteiger partial charge in [0.15, 0.2) is 0 Å². The number of aryl methyl sites for hydroxylation is 1. The molecule has 0 saturated carbocycles. The molecule has 1 heterocycles. The maximum atomic E-state index is 12.6. The fourth-order valence-corrected chi connectivity index (χ4v) is 2.82. The highest BCUT2D eigenvalue weighted by Crippen LogP contribution is 2.25. The molecular formula is C15H21N3O3. The van der Waals surface area contributed by atoms with E-state index < -0.39 is 4.92 Å². The van der Waals surface area contributed by atoms with Gasteiger partial charge in [-0.1, -0.05) is 12.1 Å². The molecule has 1 aromatic rings. The van der Waals surface area contributed by atoms with E-state index in [0.717, 1.165) is 32.4 Å². The lowest BCUT2D eigenvalue weighted by Crippen LogP contribution is -2.37. The third-order valence-electron chi connectivity index (χ3n) is 4.06.